The van der Waals surface area contributed by atoms with Gasteiger partial charge in [0, 0.05) is 12.1 Å². The minimum Gasteiger partial charge on any atom is -0.496 e. The molecule has 4 nitrogen and oxygen atoms in total. The van der Waals surface area contributed by atoms with Crippen LogP contribution in [0, 0.1) is 11.2 Å². The molecule has 1 amide bonds. The van der Waals surface area contributed by atoms with Crippen molar-refractivity contribution in [1.82, 2.24) is 5.32 Å². The van der Waals surface area contributed by atoms with Gasteiger partial charge in [-0.3, -0.25) is 4.79 Å². The number of ether oxygens (including phenoxy) is 1. The molecule has 0 heterocycles. The van der Waals surface area contributed by atoms with Crippen molar-refractivity contribution in [1.29, 1.82) is 0 Å². The summed E-state index contributed by atoms with van der Waals surface area (Å²) in [4.78, 5) is 12.0. The Bertz CT molecular complexity index is 466. The number of halogens is 2. The van der Waals surface area contributed by atoms with Gasteiger partial charge in [-0.2, -0.15) is 0 Å². The van der Waals surface area contributed by atoms with Gasteiger partial charge in [0.05, 0.1) is 18.6 Å². The molecule has 1 aromatic carbocycles. The zero-order valence-corrected chi connectivity index (χ0v) is 13.0. The second-order valence-electron chi connectivity index (χ2n) is 5.17. The molecular weight excluding hydrogens is 283 g/mol. The molecule has 0 fully saturated rings. The molecule has 6 heteroatoms. The van der Waals surface area contributed by atoms with Crippen LogP contribution in [0.1, 0.15) is 32.4 Å². The van der Waals surface area contributed by atoms with Crippen LogP contribution in [0.2, 0.25) is 0 Å². The first kappa shape index (κ1) is 18.7. The van der Waals surface area contributed by atoms with Crippen LogP contribution in [0.5, 0.6) is 5.75 Å². The molecule has 0 bridgehead atoms. The molecule has 3 N–H and O–H groups in total. The van der Waals surface area contributed by atoms with Crippen molar-refractivity contribution in [2.75, 3.05) is 13.7 Å². The van der Waals surface area contributed by atoms with Crippen LogP contribution in [0.4, 0.5) is 4.39 Å². The Hall–Kier alpha value is -1.33. The number of benzene rings is 1. The van der Waals surface area contributed by atoms with E-state index in [2.05, 4.69) is 5.32 Å². The molecule has 114 valence electrons. The molecule has 1 unspecified atom stereocenters. The van der Waals surface area contributed by atoms with E-state index in [9.17, 15) is 9.18 Å². The lowest BCUT2D eigenvalue weighted by Crippen LogP contribution is -2.42. The fourth-order valence-electron chi connectivity index (χ4n) is 1.61. The van der Waals surface area contributed by atoms with Gasteiger partial charge in [-0.05, 0) is 39.0 Å². The van der Waals surface area contributed by atoms with Crippen molar-refractivity contribution in [3.63, 3.8) is 0 Å². The van der Waals surface area contributed by atoms with Gasteiger partial charge in [0.1, 0.15) is 11.6 Å². The minimum atomic E-state index is -0.658. The summed E-state index contributed by atoms with van der Waals surface area (Å²) in [6.45, 7) is 5.54. The van der Waals surface area contributed by atoms with E-state index in [1.807, 2.05) is 0 Å². The molecule has 0 spiro atoms. The van der Waals surface area contributed by atoms with Crippen LogP contribution in [-0.2, 0) is 4.79 Å². The number of nitrogens with one attached hydrogen (secondary N) is 1. The zero-order chi connectivity index (χ0) is 14.6. The maximum Gasteiger partial charge on any atom is 0.227 e. The number of hydrogen-bond donors (Lipinski definition) is 2. The number of methoxy groups -OCH3 is 1. The van der Waals surface area contributed by atoms with Gasteiger partial charge in [-0.15, -0.1) is 12.4 Å². The van der Waals surface area contributed by atoms with Crippen LogP contribution in [-0.4, -0.2) is 19.6 Å². The summed E-state index contributed by atoms with van der Waals surface area (Å²) in [5, 5.41) is 2.82. The molecular formula is C14H22ClFN2O2. The van der Waals surface area contributed by atoms with E-state index in [1.54, 1.807) is 26.8 Å². The number of hydrogen-bond acceptors (Lipinski definition) is 3. The Morgan fingerprint density at radius 2 is 2.10 bits per heavy atom. The Morgan fingerprint density at radius 3 is 2.60 bits per heavy atom. The van der Waals surface area contributed by atoms with Crippen LogP contribution in [0.25, 0.3) is 0 Å². The third-order valence-corrected chi connectivity index (χ3v) is 3.13. The molecule has 1 aromatic rings. The van der Waals surface area contributed by atoms with Crippen LogP contribution < -0.4 is 15.8 Å². The molecule has 1 atom stereocenters. The standard InChI is InChI=1S/C14H21FN2O2.ClH/c1-9(17-13(18)14(2,3)8-16)11-7-10(15)5-6-12(11)19-4;/h5-7,9H,8,16H2,1-4H3,(H,17,18);1H. The smallest absolute Gasteiger partial charge is 0.227 e. The topological polar surface area (TPSA) is 64.3 Å². The summed E-state index contributed by atoms with van der Waals surface area (Å²) < 4.78 is 18.5. The number of nitrogens with two attached hydrogens (primary N) is 1. The van der Waals surface area contributed by atoms with Crippen LogP contribution in [0.3, 0.4) is 0 Å². The van der Waals surface area contributed by atoms with Crippen LogP contribution >= 0.6 is 12.4 Å². The van der Waals surface area contributed by atoms with Crippen molar-refractivity contribution in [2.45, 2.75) is 26.8 Å². The summed E-state index contributed by atoms with van der Waals surface area (Å²) in [5.74, 6) is 0.00329. The largest absolute Gasteiger partial charge is 0.496 e. The molecule has 0 aliphatic carbocycles. The monoisotopic (exact) mass is 304 g/mol. The Kier molecular flexibility index (Phi) is 6.96. The molecule has 1 rings (SSSR count). The third kappa shape index (κ3) is 4.35. The average Bonchev–Trinajstić information content (AvgIpc) is 2.38. The normalized spacial score (nSPS) is 12.3. The molecule has 0 aliphatic rings. The zero-order valence-electron chi connectivity index (χ0n) is 12.2. The van der Waals surface area contributed by atoms with Crippen molar-refractivity contribution in [2.24, 2.45) is 11.1 Å². The fraction of sp³-hybridized carbons (Fsp3) is 0.500. The number of amides is 1. The average molecular weight is 305 g/mol. The first-order valence-corrected chi connectivity index (χ1v) is 6.16. The highest BCUT2D eigenvalue weighted by molar-refractivity contribution is 5.85. The van der Waals surface area contributed by atoms with E-state index in [4.69, 9.17) is 10.5 Å². The van der Waals surface area contributed by atoms with Gasteiger partial charge in [0.15, 0.2) is 0 Å². The van der Waals surface area contributed by atoms with Crippen molar-refractivity contribution in [3.05, 3.63) is 29.6 Å². The summed E-state index contributed by atoms with van der Waals surface area (Å²) >= 11 is 0. The number of carbonyl (C=O) groups excluding carboxylic acids is 1. The maximum atomic E-state index is 13.3. The maximum absolute atomic E-state index is 13.3. The minimum absolute atomic E-state index is 0. The lowest BCUT2D eigenvalue weighted by Gasteiger charge is -2.25. The Labute approximate surface area is 125 Å². The van der Waals surface area contributed by atoms with Crippen LogP contribution in [0.15, 0.2) is 18.2 Å². The molecule has 0 saturated heterocycles. The highest BCUT2D eigenvalue weighted by Gasteiger charge is 2.27. The number of rotatable bonds is 5. The second kappa shape index (κ2) is 7.45. The van der Waals surface area contributed by atoms with E-state index < -0.39 is 5.41 Å². The van der Waals surface area contributed by atoms with Crippen molar-refractivity contribution < 1.29 is 13.9 Å². The highest BCUT2D eigenvalue weighted by atomic mass is 35.5. The lowest BCUT2D eigenvalue weighted by atomic mass is 9.92. The quantitative estimate of drug-likeness (QED) is 0.878. The Balaban J connectivity index is 0.00000361. The predicted molar refractivity (Wildman–Crippen MR) is 79.6 cm³/mol. The SMILES string of the molecule is COc1ccc(F)cc1C(C)NC(=O)C(C)(C)CN.Cl. The molecule has 0 aromatic heterocycles. The van der Waals surface area contributed by atoms with Gasteiger partial charge >= 0.3 is 0 Å². The van der Waals surface area contributed by atoms with Gasteiger partial charge < -0.3 is 15.8 Å². The predicted octanol–water partition coefficient (Wildman–Crippen LogP) is 2.42. The summed E-state index contributed by atoms with van der Waals surface area (Å²) in [6.07, 6.45) is 0. The molecule has 0 aliphatic heterocycles. The summed E-state index contributed by atoms with van der Waals surface area (Å²) in [7, 11) is 1.51. The van der Waals surface area contributed by atoms with E-state index in [0.717, 1.165) is 0 Å². The molecule has 0 saturated carbocycles. The lowest BCUT2D eigenvalue weighted by molar-refractivity contribution is -0.129. The van der Waals surface area contributed by atoms with E-state index in [-0.39, 0.29) is 36.7 Å². The summed E-state index contributed by atoms with van der Waals surface area (Å²) in [6, 6.07) is 3.87. The fourth-order valence-corrected chi connectivity index (χ4v) is 1.61. The van der Waals surface area contributed by atoms with E-state index >= 15 is 0 Å². The highest BCUT2D eigenvalue weighted by Crippen LogP contribution is 2.26. The summed E-state index contributed by atoms with van der Waals surface area (Å²) in [5.41, 5.74) is 5.50. The first-order chi connectivity index (χ1) is 8.81. The molecule has 20 heavy (non-hydrogen) atoms. The van der Waals surface area contributed by atoms with Gasteiger partial charge in [-0.25, -0.2) is 4.39 Å². The first-order valence-electron chi connectivity index (χ1n) is 6.16. The van der Waals surface area contributed by atoms with Gasteiger partial charge in [-0.1, -0.05) is 0 Å². The third-order valence-electron chi connectivity index (χ3n) is 3.13. The van der Waals surface area contributed by atoms with Crippen molar-refractivity contribution >= 4 is 18.3 Å². The van der Waals surface area contributed by atoms with E-state index in [1.165, 1.54) is 19.2 Å². The van der Waals surface area contributed by atoms with E-state index in [0.29, 0.717) is 11.3 Å². The molecule has 0 radical (unpaired) electrons. The van der Waals surface area contributed by atoms with Gasteiger partial charge in [0.25, 0.3) is 0 Å². The second-order valence-corrected chi connectivity index (χ2v) is 5.17. The Morgan fingerprint density at radius 1 is 1.50 bits per heavy atom. The van der Waals surface area contributed by atoms with Crippen molar-refractivity contribution in [3.8, 4) is 5.75 Å². The number of carbonyl (C=O) groups is 1. The van der Waals surface area contributed by atoms with Gasteiger partial charge in [0.2, 0.25) is 5.91 Å².